The number of carbonyl (C=O) groups is 1. The molecule has 0 saturated carbocycles. The third-order valence-electron chi connectivity index (χ3n) is 3.04. The van der Waals surface area contributed by atoms with E-state index in [2.05, 4.69) is 5.32 Å². The summed E-state index contributed by atoms with van der Waals surface area (Å²) in [5.74, 6) is 0.603. The Labute approximate surface area is 124 Å². The Balaban J connectivity index is 2.46. The van der Waals surface area contributed by atoms with E-state index >= 15 is 0 Å². The first-order chi connectivity index (χ1) is 9.43. The van der Waals surface area contributed by atoms with Crippen LogP contribution in [0.1, 0.15) is 32.4 Å². The Kier molecular flexibility index (Phi) is 7.02. The Morgan fingerprint density at radius 1 is 1.30 bits per heavy atom. The predicted molar refractivity (Wildman–Crippen MR) is 81.1 cm³/mol. The van der Waals surface area contributed by atoms with Gasteiger partial charge >= 0.3 is 0 Å². The first kappa shape index (κ1) is 17.0. The van der Waals surface area contributed by atoms with Gasteiger partial charge in [0.1, 0.15) is 5.82 Å². The molecule has 0 heterocycles. The van der Waals surface area contributed by atoms with E-state index in [4.69, 9.17) is 5.11 Å². The zero-order valence-corrected chi connectivity index (χ0v) is 12.9. The fourth-order valence-corrected chi connectivity index (χ4v) is 2.54. The van der Waals surface area contributed by atoms with Gasteiger partial charge < -0.3 is 10.4 Å². The van der Waals surface area contributed by atoms with Crippen molar-refractivity contribution in [1.82, 2.24) is 5.32 Å². The van der Waals surface area contributed by atoms with Crippen LogP contribution in [0.4, 0.5) is 4.39 Å². The summed E-state index contributed by atoms with van der Waals surface area (Å²) in [6.45, 7) is 5.80. The van der Waals surface area contributed by atoms with E-state index in [1.165, 1.54) is 23.9 Å². The minimum Gasteiger partial charge on any atom is -0.396 e. The van der Waals surface area contributed by atoms with Crippen LogP contribution in [0.25, 0.3) is 0 Å². The number of amides is 1. The lowest BCUT2D eigenvalue weighted by molar-refractivity contribution is -0.120. The molecule has 0 saturated heterocycles. The number of nitrogens with one attached hydrogen (secondary N) is 1. The number of benzene rings is 1. The minimum absolute atomic E-state index is 0.0445. The second-order valence-electron chi connectivity index (χ2n) is 5.05. The molecule has 1 aromatic carbocycles. The number of carbonyl (C=O) groups excluding carboxylic acids is 1. The van der Waals surface area contributed by atoms with E-state index in [-0.39, 0.29) is 35.5 Å². The zero-order valence-electron chi connectivity index (χ0n) is 12.1. The average Bonchev–Trinajstić information content (AvgIpc) is 2.44. The number of halogens is 1. The van der Waals surface area contributed by atoms with Gasteiger partial charge in [-0.25, -0.2) is 4.39 Å². The lowest BCUT2D eigenvalue weighted by atomic mass is 10.1. The van der Waals surface area contributed by atoms with Crippen molar-refractivity contribution in [2.45, 2.75) is 32.1 Å². The molecule has 1 aromatic rings. The Bertz CT molecular complexity index is 424. The van der Waals surface area contributed by atoms with Gasteiger partial charge in [0.25, 0.3) is 0 Å². The van der Waals surface area contributed by atoms with Crippen LogP contribution >= 0.6 is 11.8 Å². The summed E-state index contributed by atoms with van der Waals surface area (Å²) in [7, 11) is 0. The number of hydrogen-bond acceptors (Lipinski definition) is 3. The molecule has 3 atom stereocenters. The van der Waals surface area contributed by atoms with Crippen molar-refractivity contribution < 1.29 is 14.3 Å². The van der Waals surface area contributed by atoms with Crippen LogP contribution < -0.4 is 5.32 Å². The zero-order chi connectivity index (χ0) is 15.1. The maximum Gasteiger partial charge on any atom is 0.233 e. The van der Waals surface area contributed by atoms with Crippen molar-refractivity contribution in [3.8, 4) is 0 Å². The van der Waals surface area contributed by atoms with Crippen molar-refractivity contribution in [3.05, 3.63) is 35.6 Å². The van der Waals surface area contributed by atoms with Gasteiger partial charge in [0.15, 0.2) is 0 Å². The molecule has 0 aromatic heterocycles. The molecule has 0 aliphatic rings. The van der Waals surface area contributed by atoms with Gasteiger partial charge in [-0.15, -0.1) is 11.8 Å². The summed E-state index contributed by atoms with van der Waals surface area (Å²) < 4.78 is 12.8. The van der Waals surface area contributed by atoms with E-state index in [0.717, 1.165) is 11.3 Å². The van der Waals surface area contributed by atoms with Gasteiger partial charge in [-0.05, 0) is 43.2 Å². The molecule has 0 radical (unpaired) electrons. The van der Waals surface area contributed by atoms with Crippen LogP contribution in [0.3, 0.4) is 0 Å². The van der Waals surface area contributed by atoms with E-state index in [0.29, 0.717) is 0 Å². The minimum atomic E-state index is -0.283. The fourth-order valence-electron chi connectivity index (χ4n) is 1.60. The molecular weight excluding hydrogens is 277 g/mol. The molecule has 0 aliphatic carbocycles. The smallest absolute Gasteiger partial charge is 0.233 e. The summed E-state index contributed by atoms with van der Waals surface area (Å²) in [5, 5.41) is 11.7. The monoisotopic (exact) mass is 299 g/mol. The SMILES string of the molecule is CC(CO)CSC(C)C(=O)NC(C)c1ccc(F)cc1. The van der Waals surface area contributed by atoms with E-state index in [1.807, 2.05) is 20.8 Å². The Morgan fingerprint density at radius 3 is 2.45 bits per heavy atom. The van der Waals surface area contributed by atoms with Gasteiger partial charge in [0.2, 0.25) is 5.91 Å². The topological polar surface area (TPSA) is 49.3 Å². The standard InChI is InChI=1S/C15H22FNO2S/c1-10(8-18)9-20-12(3)15(19)17-11(2)13-4-6-14(16)7-5-13/h4-7,10-12,18H,8-9H2,1-3H3,(H,17,19). The van der Waals surface area contributed by atoms with Crippen molar-refractivity contribution in [2.24, 2.45) is 5.92 Å². The van der Waals surface area contributed by atoms with Crippen molar-refractivity contribution in [2.75, 3.05) is 12.4 Å². The maximum atomic E-state index is 12.8. The summed E-state index contributed by atoms with van der Waals surface area (Å²) in [5.41, 5.74) is 0.876. The molecule has 5 heteroatoms. The third kappa shape index (κ3) is 5.51. The summed E-state index contributed by atoms with van der Waals surface area (Å²) in [6, 6.07) is 5.97. The quantitative estimate of drug-likeness (QED) is 0.814. The maximum absolute atomic E-state index is 12.8. The fraction of sp³-hybridized carbons (Fsp3) is 0.533. The molecule has 1 amide bonds. The number of aliphatic hydroxyl groups excluding tert-OH is 1. The number of aliphatic hydroxyl groups is 1. The van der Waals surface area contributed by atoms with Crippen LogP contribution in [0.2, 0.25) is 0 Å². The molecule has 0 spiro atoms. The second kappa shape index (κ2) is 8.27. The highest BCUT2D eigenvalue weighted by Gasteiger charge is 2.17. The lowest BCUT2D eigenvalue weighted by Gasteiger charge is -2.18. The van der Waals surface area contributed by atoms with Gasteiger partial charge in [-0.3, -0.25) is 4.79 Å². The lowest BCUT2D eigenvalue weighted by Crippen LogP contribution is -2.33. The highest BCUT2D eigenvalue weighted by Crippen LogP contribution is 2.17. The molecule has 3 nitrogen and oxygen atoms in total. The van der Waals surface area contributed by atoms with Crippen LogP contribution in [0.15, 0.2) is 24.3 Å². The molecule has 20 heavy (non-hydrogen) atoms. The average molecular weight is 299 g/mol. The van der Waals surface area contributed by atoms with Crippen molar-refractivity contribution in [3.63, 3.8) is 0 Å². The number of thioether (sulfide) groups is 1. The van der Waals surface area contributed by atoms with E-state index in [1.54, 1.807) is 12.1 Å². The summed E-state index contributed by atoms with van der Waals surface area (Å²) >= 11 is 1.52. The van der Waals surface area contributed by atoms with Crippen LogP contribution in [0, 0.1) is 11.7 Å². The van der Waals surface area contributed by atoms with Gasteiger partial charge in [0.05, 0.1) is 11.3 Å². The molecular formula is C15H22FNO2S. The second-order valence-corrected chi connectivity index (χ2v) is 6.42. The molecule has 112 valence electrons. The highest BCUT2D eigenvalue weighted by atomic mass is 32.2. The summed E-state index contributed by atoms with van der Waals surface area (Å²) in [4.78, 5) is 12.0. The Morgan fingerprint density at radius 2 is 1.90 bits per heavy atom. The van der Waals surface area contributed by atoms with Crippen LogP contribution in [-0.2, 0) is 4.79 Å². The summed E-state index contributed by atoms with van der Waals surface area (Å²) in [6.07, 6.45) is 0. The van der Waals surface area contributed by atoms with Gasteiger partial charge in [0, 0.05) is 6.61 Å². The largest absolute Gasteiger partial charge is 0.396 e. The molecule has 3 unspecified atom stereocenters. The Hall–Kier alpha value is -1.07. The van der Waals surface area contributed by atoms with Crippen LogP contribution in [0.5, 0.6) is 0 Å². The van der Waals surface area contributed by atoms with Crippen molar-refractivity contribution >= 4 is 17.7 Å². The molecule has 2 N–H and O–H groups in total. The normalized spacial score (nSPS) is 15.4. The highest BCUT2D eigenvalue weighted by molar-refractivity contribution is 8.00. The van der Waals surface area contributed by atoms with Gasteiger partial charge in [-0.1, -0.05) is 19.1 Å². The van der Waals surface area contributed by atoms with Crippen LogP contribution in [-0.4, -0.2) is 28.6 Å². The van der Waals surface area contributed by atoms with E-state index in [9.17, 15) is 9.18 Å². The molecule has 0 bridgehead atoms. The first-order valence-corrected chi connectivity index (χ1v) is 7.77. The van der Waals surface area contributed by atoms with Gasteiger partial charge in [-0.2, -0.15) is 0 Å². The predicted octanol–water partition coefficient (Wildman–Crippen LogP) is 2.75. The number of rotatable bonds is 7. The molecule has 1 rings (SSSR count). The first-order valence-electron chi connectivity index (χ1n) is 6.72. The molecule has 0 fully saturated rings. The van der Waals surface area contributed by atoms with Crippen molar-refractivity contribution in [1.29, 1.82) is 0 Å². The number of hydrogen-bond donors (Lipinski definition) is 2. The third-order valence-corrected chi connectivity index (χ3v) is 4.52. The molecule has 0 aliphatic heterocycles. The van der Waals surface area contributed by atoms with E-state index < -0.39 is 0 Å².